The molecular weight excluding hydrogens is 292 g/mol. The Morgan fingerprint density at radius 2 is 1.71 bits per heavy atom. The van der Waals surface area contributed by atoms with Gasteiger partial charge in [0, 0.05) is 18.7 Å². The van der Waals surface area contributed by atoms with Gasteiger partial charge in [-0.1, -0.05) is 11.6 Å². The number of nitrogens with zero attached hydrogens (tertiary/aromatic N) is 1. The van der Waals surface area contributed by atoms with Crippen LogP contribution in [-0.4, -0.2) is 26.3 Å². The van der Waals surface area contributed by atoms with E-state index in [1.54, 1.807) is 33.6 Å². The van der Waals surface area contributed by atoms with Gasteiger partial charge >= 0.3 is 0 Å². The van der Waals surface area contributed by atoms with Crippen molar-refractivity contribution in [2.45, 2.75) is 6.54 Å². The molecule has 6 heteroatoms. The number of halogens is 1. The van der Waals surface area contributed by atoms with Crippen molar-refractivity contribution in [3.05, 3.63) is 41.2 Å². The van der Waals surface area contributed by atoms with E-state index >= 15 is 0 Å². The molecule has 1 heterocycles. The zero-order valence-electron chi connectivity index (χ0n) is 12.1. The second kappa shape index (κ2) is 7.04. The van der Waals surface area contributed by atoms with Crippen LogP contribution in [0.15, 0.2) is 30.5 Å². The van der Waals surface area contributed by atoms with Gasteiger partial charge in [0.05, 0.1) is 38.8 Å². The highest BCUT2D eigenvalue weighted by molar-refractivity contribution is 6.29. The highest BCUT2D eigenvalue weighted by Crippen LogP contribution is 2.34. The smallest absolute Gasteiger partial charge is 0.131 e. The van der Waals surface area contributed by atoms with Crippen LogP contribution in [0, 0.1) is 0 Å². The number of anilines is 1. The molecule has 5 nitrogen and oxygen atoms in total. The lowest BCUT2D eigenvalue weighted by Gasteiger charge is -2.16. The van der Waals surface area contributed by atoms with Gasteiger partial charge in [-0.25, -0.2) is 4.98 Å². The Kier molecular flexibility index (Phi) is 5.11. The van der Waals surface area contributed by atoms with Crippen LogP contribution in [0.4, 0.5) is 5.69 Å². The van der Waals surface area contributed by atoms with E-state index in [0.717, 1.165) is 11.3 Å². The third-order valence-electron chi connectivity index (χ3n) is 3.01. The van der Waals surface area contributed by atoms with Crippen LogP contribution >= 0.6 is 11.6 Å². The molecule has 0 aliphatic heterocycles. The number of hydrogen-bond acceptors (Lipinski definition) is 5. The molecule has 0 aliphatic rings. The van der Waals surface area contributed by atoms with Crippen LogP contribution in [0.3, 0.4) is 0 Å². The second-order valence-electron chi connectivity index (χ2n) is 4.23. The minimum absolute atomic E-state index is 0.458. The number of hydrogen-bond donors (Lipinski definition) is 1. The largest absolute Gasteiger partial charge is 0.496 e. The fourth-order valence-corrected chi connectivity index (χ4v) is 2.03. The molecule has 0 aliphatic carbocycles. The molecule has 0 bridgehead atoms. The second-order valence-corrected chi connectivity index (χ2v) is 4.62. The number of rotatable bonds is 6. The van der Waals surface area contributed by atoms with Crippen LogP contribution in [0.2, 0.25) is 5.15 Å². The molecule has 0 spiro atoms. The summed E-state index contributed by atoms with van der Waals surface area (Å²) in [5, 5.41) is 3.71. The van der Waals surface area contributed by atoms with Crippen molar-refractivity contribution in [3.8, 4) is 17.2 Å². The highest BCUT2D eigenvalue weighted by Gasteiger charge is 2.13. The Hall–Kier alpha value is -2.14. The van der Waals surface area contributed by atoms with Gasteiger partial charge in [0.15, 0.2) is 0 Å². The van der Waals surface area contributed by atoms with Crippen molar-refractivity contribution < 1.29 is 14.2 Å². The minimum Gasteiger partial charge on any atom is -0.496 e. The molecule has 1 aromatic heterocycles. The maximum Gasteiger partial charge on any atom is 0.131 e. The van der Waals surface area contributed by atoms with Crippen LogP contribution in [0.5, 0.6) is 17.2 Å². The average molecular weight is 309 g/mol. The molecule has 112 valence electrons. The SMILES string of the molecule is COc1cc(OC)c(CNc2ccc(Cl)nc2)c(OC)c1. The van der Waals surface area contributed by atoms with Gasteiger partial charge in [0.25, 0.3) is 0 Å². The van der Waals surface area contributed by atoms with E-state index in [1.165, 1.54) is 0 Å². The van der Waals surface area contributed by atoms with E-state index in [4.69, 9.17) is 25.8 Å². The zero-order chi connectivity index (χ0) is 15.2. The number of pyridine rings is 1. The third-order valence-corrected chi connectivity index (χ3v) is 3.24. The first-order chi connectivity index (χ1) is 10.2. The van der Waals surface area contributed by atoms with Crippen molar-refractivity contribution in [3.63, 3.8) is 0 Å². The summed E-state index contributed by atoms with van der Waals surface area (Å²) in [5.74, 6) is 2.07. The summed E-state index contributed by atoms with van der Waals surface area (Å²) < 4.78 is 16.0. The Balaban J connectivity index is 2.23. The van der Waals surface area contributed by atoms with E-state index in [2.05, 4.69) is 10.3 Å². The maximum absolute atomic E-state index is 5.76. The van der Waals surface area contributed by atoms with Crippen molar-refractivity contribution in [2.75, 3.05) is 26.6 Å². The molecule has 2 aromatic rings. The summed E-state index contributed by atoms with van der Waals surface area (Å²) in [4.78, 5) is 4.02. The van der Waals surface area contributed by atoms with E-state index in [1.807, 2.05) is 18.2 Å². The molecular formula is C15H17ClN2O3. The molecule has 0 saturated carbocycles. The molecule has 0 unspecified atom stereocenters. The van der Waals surface area contributed by atoms with Crippen LogP contribution in [0.25, 0.3) is 0 Å². The number of aromatic nitrogens is 1. The van der Waals surface area contributed by atoms with Gasteiger partial charge in [-0.15, -0.1) is 0 Å². The lowest BCUT2D eigenvalue weighted by Crippen LogP contribution is -2.05. The van der Waals surface area contributed by atoms with Crippen molar-refractivity contribution in [2.24, 2.45) is 0 Å². The van der Waals surface area contributed by atoms with E-state index < -0.39 is 0 Å². The molecule has 0 saturated heterocycles. The van der Waals surface area contributed by atoms with Gasteiger partial charge in [-0.05, 0) is 12.1 Å². The standard InChI is InChI=1S/C15H17ClN2O3/c1-19-11-6-13(20-2)12(14(7-11)21-3)9-17-10-4-5-15(16)18-8-10/h4-8,17H,9H2,1-3H3. The Morgan fingerprint density at radius 1 is 1.05 bits per heavy atom. The molecule has 0 atom stereocenters. The zero-order valence-corrected chi connectivity index (χ0v) is 12.9. The first kappa shape index (κ1) is 15.3. The average Bonchev–Trinajstić information content (AvgIpc) is 2.53. The van der Waals surface area contributed by atoms with Crippen molar-refractivity contribution in [1.82, 2.24) is 4.98 Å². The molecule has 1 N–H and O–H groups in total. The molecule has 2 rings (SSSR count). The number of nitrogens with one attached hydrogen (secondary N) is 1. The number of methoxy groups -OCH3 is 3. The van der Waals surface area contributed by atoms with Gasteiger partial charge in [0.2, 0.25) is 0 Å². The van der Waals surface area contributed by atoms with E-state index in [-0.39, 0.29) is 0 Å². The quantitative estimate of drug-likeness (QED) is 0.829. The molecule has 0 fully saturated rings. The first-order valence-corrected chi connectivity index (χ1v) is 6.70. The van der Waals surface area contributed by atoms with Crippen molar-refractivity contribution in [1.29, 1.82) is 0 Å². The predicted octanol–water partition coefficient (Wildman–Crippen LogP) is 3.37. The number of ether oxygens (including phenoxy) is 3. The molecule has 21 heavy (non-hydrogen) atoms. The molecule has 0 radical (unpaired) electrons. The lowest BCUT2D eigenvalue weighted by atomic mass is 10.1. The summed E-state index contributed by atoms with van der Waals surface area (Å²) in [6.07, 6.45) is 1.67. The first-order valence-electron chi connectivity index (χ1n) is 6.32. The lowest BCUT2D eigenvalue weighted by molar-refractivity contribution is 0.369. The van der Waals surface area contributed by atoms with Gasteiger partial charge in [0.1, 0.15) is 22.4 Å². The minimum atomic E-state index is 0.458. The number of benzene rings is 1. The summed E-state index contributed by atoms with van der Waals surface area (Å²) in [7, 11) is 4.83. The predicted molar refractivity (Wildman–Crippen MR) is 82.7 cm³/mol. The normalized spacial score (nSPS) is 10.1. The topological polar surface area (TPSA) is 52.6 Å². The van der Waals surface area contributed by atoms with Crippen LogP contribution < -0.4 is 19.5 Å². The monoisotopic (exact) mass is 308 g/mol. The van der Waals surface area contributed by atoms with E-state index in [9.17, 15) is 0 Å². The molecule has 0 amide bonds. The van der Waals surface area contributed by atoms with Crippen molar-refractivity contribution >= 4 is 17.3 Å². The van der Waals surface area contributed by atoms with Crippen LogP contribution in [-0.2, 0) is 6.54 Å². The van der Waals surface area contributed by atoms with Gasteiger partial charge in [-0.3, -0.25) is 0 Å². The van der Waals surface area contributed by atoms with Gasteiger partial charge < -0.3 is 19.5 Å². The third kappa shape index (κ3) is 3.70. The highest BCUT2D eigenvalue weighted by atomic mass is 35.5. The summed E-state index contributed by atoms with van der Waals surface area (Å²) in [6.45, 7) is 0.527. The van der Waals surface area contributed by atoms with Crippen LogP contribution in [0.1, 0.15) is 5.56 Å². The summed E-state index contributed by atoms with van der Waals surface area (Å²) in [6, 6.07) is 7.23. The fraction of sp³-hybridized carbons (Fsp3) is 0.267. The Morgan fingerprint density at radius 3 is 2.19 bits per heavy atom. The van der Waals surface area contributed by atoms with Gasteiger partial charge in [-0.2, -0.15) is 0 Å². The maximum atomic E-state index is 5.76. The fourth-order valence-electron chi connectivity index (χ4n) is 1.92. The Labute approximate surface area is 128 Å². The summed E-state index contributed by atoms with van der Waals surface area (Å²) >= 11 is 5.76. The Bertz CT molecular complexity index is 577. The molecule has 1 aromatic carbocycles. The summed E-state index contributed by atoms with van der Waals surface area (Å²) in [5.41, 5.74) is 1.76. The van der Waals surface area contributed by atoms with E-state index in [0.29, 0.717) is 28.9 Å².